The molecule has 8 N–H and O–H groups in total. The number of nitriles is 1. The van der Waals surface area contributed by atoms with Crippen molar-refractivity contribution in [2.75, 3.05) is 11.6 Å². The second-order valence-electron chi connectivity index (χ2n) is 12.9. The number of aromatic hydroxyl groups is 2. The van der Waals surface area contributed by atoms with Gasteiger partial charge in [-0.2, -0.15) is 5.26 Å². The molecule has 2 aromatic heterocycles. The molecule has 3 aliphatic rings. The van der Waals surface area contributed by atoms with Gasteiger partial charge < -0.3 is 41.3 Å². The van der Waals surface area contributed by atoms with E-state index in [-0.39, 0.29) is 29.1 Å². The van der Waals surface area contributed by atoms with Crippen molar-refractivity contribution in [3.63, 3.8) is 0 Å². The van der Waals surface area contributed by atoms with Gasteiger partial charge in [0.05, 0.1) is 41.2 Å². The van der Waals surface area contributed by atoms with Crippen LogP contribution in [-0.4, -0.2) is 50.9 Å². The van der Waals surface area contributed by atoms with Gasteiger partial charge in [0.25, 0.3) is 0 Å². The number of fused-ring (bicyclic) bond motifs is 2. The van der Waals surface area contributed by atoms with Crippen molar-refractivity contribution in [3.8, 4) is 17.6 Å². The summed E-state index contributed by atoms with van der Waals surface area (Å²) in [6.45, 7) is 8.34. The van der Waals surface area contributed by atoms with Crippen molar-refractivity contribution < 1.29 is 14.6 Å². The number of anilines is 1. The molecule has 12 heteroatoms. The molecule has 222 valence electrons. The van der Waals surface area contributed by atoms with Crippen LogP contribution in [0.15, 0.2) is 39.1 Å². The van der Waals surface area contributed by atoms with E-state index in [0.717, 1.165) is 48.1 Å². The zero-order chi connectivity index (χ0) is 29.8. The van der Waals surface area contributed by atoms with Gasteiger partial charge in [-0.3, -0.25) is 4.90 Å². The Labute approximate surface area is 244 Å². The molecule has 0 amide bonds. The summed E-state index contributed by atoms with van der Waals surface area (Å²) >= 11 is 0. The van der Waals surface area contributed by atoms with Crippen molar-refractivity contribution in [2.45, 2.75) is 83.0 Å². The minimum atomic E-state index is -0.544. The van der Waals surface area contributed by atoms with Crippen molar-refractivity contribution in [2.24, 2.45) is 16.6 Å². The Morgan fingerprint density at radius 3 is 2.76 bits per heavy atom. The summed E-state index contributed by atoms with van der Waals surface area (Å²) in [4.78, 5) is 14.0. The molecule has 12 nitrogen and oxygen atoms in total. The Morgan fingerprint density at radius 2 is 2.00 bits per heavy atom. The highest BCUT2D eigenvalue weighted by atomic mass is 16.4. The average Bonchev–Trinajstić information content (AvgIpc) is 3.61. The van der Waals surface area contributed by atoms with E-state index in [0.29, 0.717) is 42.3 Å². The van der Waals surface area contributed by atoms with Gasteiger partial charge in [0.2, 0.25) is 17.4 Å². The largest absolute Gasteiger partial charge is 0.502 e. The Kier molecular flexibility index (Phi) is 6.73. The second-order valence-corrected chi connectivity index (χ2v) is 12.9. The number of imidazole rings is 1. The molecule has 1 aromatic carbocycles. The molecule has 6 rings (SSSR count). The lowest BCUT2D eigenvalue weighted by molar-refractivity contribution is 0.166. The Hall–Kier alpha value is -4.37. The van der Waals surface area contributed by atoms with Gasteiger partial charge in [0.15, 0.2) is 5.76 Å². The van der Waals surface area contributed by atoms with E-state index in [2.05, 4.69) is 45.8 Å². The van der Waals surface area contributed by atoms with Gasteiger partial charge in [-0.15, -0.1) is 0 Å². The smallest absolute Gasteiger partial charge is 0.245 e. The first-order chi connectivity index (χ1) is 19.9. The summed E-state index contributed by atoms with van der Waals surface area (Å²) in [7, 11) is 0. The van der Waals surface area contributed by atoms with Crippen LogP contribution in [-0.2, 0) is 18.3 Å². The fourth-order valence-electron chi connectivity index (χ4n) is 6.18. The van der Waals surface area contributed by atoms with Crippen LogP contribution in [0.3, 0.4) is 0 Å². The molecule has 4 heterocycles. The Balaban J connectivity index is 1.02. The number of aromatic amines is 1. The number of furan rings is 1. The van der Waals surface area contributed by atoms with E-state index in [1.807, 2.05) is 32.0 Å². The molecule has 0 bridgehead atoms. The van der Waals surface area contributed by atoms with Crippen LogP contribution < -0.4 is 26.6 Å². The van der Waals surface area contributed by atoms with E-state index in [9.17, 15) is 15.5 Å². The van der Waals surface area contributed by atoms with E-state index >= 15 is 0 Å². The summed E-state index contributed by atoms with van der Waals surface area (Å²) in [5.74, 6) is 1.94. The number of benzene rings is 1. The monoisotopic (exact) mass is 573 g/mol. The number of aromatic nitrogens is 2. The van der Waals surface area contributed by atoms with Gasteiger partial charge in [-0.05, 0) is 70.6 Å². The number of hydrogen-bond donors (Lipinski definition) is 7. The molecular weight excluding hydrogens is 534 g/mol. The van der Waals surface area contributed by atoms with E-state index in [4.69, 9.17) is 15.1 Å². The van der Waals surface area contributed by atoms with Crippen molar-refractivity contribution in [1.29, 1.82) is 5.26 Å². The third-order valence-corrected chi connectivity index (χ3v) is 8.66. The number of hydrogen-bond acceptors (Lipinski definition) is 11. The number of nitrogens with two attached hydrogens (primary N) is 1. The predicted octanol–water partition coefficient (Wildman–Crippen LogP) is 3.14. The van der Waals surface area contributed by atoms with Crippen molar-refractivity contribution in [3.05, 3.63) is 46.9 Å². The third kappa shape index (κ3) is 5.09. The lowest BCUT2D eigenvalue weighted by Gasteiger charge is -2.41. The van der Waals surface area contributed by atoms with E-state index < -0.39 is 5.41 Å². The first-order valence-electron chi connectivity index (χ1n) is 14.4. The molecule has 1 atom stereocenters. The minimum Gasteiger partial charge on any atom is -0.502 e. The molecule has 1 aliphatic carbocycles. The van der Waals surface area contributed by atoms with Gasteiger partial charge >= 0.3 is 0 Å². The van der Waals surface area contributed by atoms with Gasteiger partial charge in [0.1, 0.15) is 17.8 Å². The van der Waals surface area contributed by atoms with Crippen LogP contribution in [0.25, 0.3) is 11.0 Å². The SMILES string of the molecule is CC(C)(Cc1oc(N2CNC3=C(N)N=CN[C@@H]32)c(O)c1O)N[C@H]1C[C@H](CCc2nc3cc(C(C)(C)C#N)ccc3[nH]2)C1. The van der Waals surface area contributed by atoms with Crippen LogP contribution in [0.2, 0.25) is 0 Å². The molecule has 3 aromatic rings. The molecule has 2 aliphatic heterocycles. The lowest BCUT2D eigenvalue weighted by atomic mass is 9.76. The molecule has 1 saturated carbocycles. The topological polar surface area (TPSA) is 184 Å². The number of aryl methyl sites for hydroxylation is 1. The molecule has 0 unspecified atom stereocenters. The fraction of sp³-hybridized carbons (Fsp3) is 0.500. The van der Waals surface area contributed by atoms with Crippen LogP contribution in [0.4, 0.5) is 5.88 Å². The molecule has 0 radical (unpaired) electrons. The van der Waals surface area contributed by atoms with Crippen molar-refractivity contribution >= 4 is 23.3 Å². The third-order valence-electron chi connectivity index (χ3n) is 8.66. The summed E-state index contributed by atoms with van der Waals surface area (Å²) in [5.41, 5.74) is 8.63. The molecular formula is C30H39N9O3. The molecule has 1 saturated heterocycles. The molecule has 2 fully saturated rings. The normalized spacial score (nSPS) is 22.1. The summed E-state index contributed by atoms with van der Waals surface area (Å²) in [6, 6.07) is 8.75. The van der Waals surface area contributed by atoms with Crippen LogP contribution >= 0.6 is 0 Å². The zero-order valence-electron chi connectivity index (χ0n) is 24.5. The van der Waals surface area contributed by atoms with Gasteiger partial charge in [-0.1, -0.05) is 6.07 Å². The number of rotatable bonds is 9. The van der Waals surface area contributed by atoms with Crippen molar-refractivity contribution in [1.82, 2.24) is 25.9 Å². The minimum absolute atomic E-state index is 0.181. The maximum Gasteiger partial charge on any atom is 0.245 e. The second kappa shape index (κ2) is 10.2. The van der Waals surface area contributed by atoms with Crippen LogP contribution in [0.1, 0.15) is 64.1 Å². The number of aliphatic imine (C=N–C) groups is 1. The summed E-state index contributed by atoms with van der Waals surface area (Å²) < 4.78 is 6.02. The van der Waals surface area contributed by atoms with Crippen LogP contribution in [0.5, 0.6) is 11.5 Å². The average molecular weight is 574 g/mol. The number of nitrogens with one attached hydrogen (secondary N) is 4. The highest BCUT2D eigenvalue weighted by molar-refractivity contribution is 5.76. The number of nitrogens with zero attached hydrogens (tertiary/aromatic N) is 4. The highest BCUT2D eigenvalue weighted by Gasteiger charge is 2.39. The fourth-order valence-corrected chi connectivity index (χ4v) is 6.18. The van der Waals surface area contributed by atoms with Gasteiger partial charge in [0, 0.05) is 24.4 Å². The summed E-state index contributed by atoms with van der Waals surface area (Å²) in [5, 5.41) is 40.8. The predicted molar refractivity (Wildman–Crippen MR) is 160 cm³/mol. The van der Waals surface area contributed by atoms with E-state index in [1.54, 1.807) is 4.90 Å². The lowest BCUT2D eigenvalue weighted by Crippen LogP contribution is -2.52. The maximum absolute atomic E-state index is 10.7. The molecule has 0 spiro atoms. The van der Waals surface area contributed by atoms with Gasteiger partial charge in [-0.25, -0.2) is 9.98 Å². The summed E-state index contributed by atoms with van der Waals surface area (Å²) in [6.07, 6.45) is 5.61. The standard InChI is InChI=1S/C30H39N9O3/c1-29(2,13-31)17-6-7-19-20(11-17)37-22(36-19)8-5-16-9-18(10-16)38-30(3,4)12-21-24(40)25(41)28(42-21)39-15-35-23-26(32)33-14-34-27(23)39/h6-7,11,14,16,18,27,35,38,40-41H,5,8-10,12,15,32H2,1-4H3,(H,33,34)(H,36,37)/t16-,18-,27-/m1/s1. The Morgan fingerprint density at radius 1 is 1.21 bits per heavy atom. The quantitative estimate of drug-likeness (QED) is 0.201. The maximum atomic E-state index is 10.7. The van der Waals surface area contributed by atoms with E-state index in [1.165, 1.54) is 6.34 Å². The first-order valence-corrected chi connectivity index (χ1v) is 14.4. The molecule has 42 heavy (non-hydrogen) atoms. The Bertz CT molecular complexity index is 1600. The number of H-pyrrole nitrogens is 1. The first kappa shape index (κ1) is 27.8. The zero-order valence-corrected chi connectivity index (χ0v) is 24.5. The van der Waals surface area contributed by atoms with Crippen LogP contribution in [0, 0.1) is 17.2 Å². The highest BCUT2D eigenvalue weighted by Crippen LogP contribution is 2.45.